The molecule has 1 N–H and O–H groups in total. The maximum atomic E-state index is 9.09. The molecule has 0 saturated heterocycles. The Hall–Kier alpha value is -0.860. The predicted molar refractivity (Wildman–Crippen MR) is 43.2 cm³/mol. The first-order valence-electron chi connectivity index (χ1n) is 3.57. The van der Waals surface area contributed by atoms with E-state index in [1.54, 1.807) is 0 Å². The largest absolute Gasteiger partial charge is 0.368 e. The van der Waals surface area contributed by atoms with Crippen molar-refractivity contribution < 1.29 is 9.84 Å². The first kappa shape index (κ1) is 8.24. The van der Waals surface area contributed by atoms with Crippen LogP contribution in [0.5, 0.6) is 0 Å². The summed E-state index contributed by atoms with van der Waals surface area (Å²) in [6.07, 6.45) is -0.130. The zero-order valence-electron chi connectivity index (χ0n) is 6.53. The van der Waals surface area contributed by atoms with Gasteiger partial charge in [-0.1, -0.05) is 30.3 Å². The molecule has 1 rings (SSSR count). The first-order chi connectivity index (χ1) is 5.33. The molecule has 0 saturated carbocycles. The lowest BCUT2D eigenvalue weighted by molar-refractivity contribution is -0.0720. The van der Waals surface area contributed by atoms with Crippen molar-refractivity contribution in [2.24, 2.45) is 0 Å². The Labute approximate surface area is 66.4 Å². The molecule has 0 aliphatic rings. The minimum absolute atomic E-state index is 0.553. The zero-order valence-corrected chi connectivity index (χ0v) is 6.53. The molecule has 1 atom stereocenters. The number of ether oxygens (including phenoxy) is 1. The third-order valence-corrected chi connectivity index (χ3v) is 1.53. The fraction of sp³-hybridized carbons (Fsp3) is 0.333. The Morgan fingerprint density at radius 3 is 2.55 bits per heavy atom. The zero-order chi connectivity index (χ0) is 8.10. The van der Waals surface area contributed by atoms with Gasteiger partial charge >= 0.3 is 0 Å². The first-order valence-corrected chi connectivity index (χ1v) is 3.57. The second-order valence-corrected chi connectivity index (χ2v) is 2.38. The lowest BCUT2D eigenvalue weighted by atomic mass is 10.1. The fourth-order valence-electron chi connectivity index (χ4n) is 0.899. The molecule has 0 aliphatic carbocycles. The van der Waals surface area contributed by atoms with Gasteiger partial charge in [0.2, 0.25) is 0 Å². The molecule has 0 fully saturated rings. The molecule has 0 aromatic heterocycles. The van der Waals surface area contributed by atoms with E-state index in [0.29, 0.717) is 6.42 Å². The van der Waals surface area contributed by atoms with E-state index in [2.05, 4.69) is 0 Å². The van der Waals surface area contributed by atoms with Crippen molar-refractivity contribution in [3.63, 3.8) is 0 Å². The van der Waals surface area contributed by atoms with E-state index < -0.39 is 6.29 Å². The van der Waals surface area contributed by atoms with Crippen molar-refractivity contribution >= 4 is 0 Å². The third kappa shape index (κ3) is 2.70. The van der Waals surface area contributed by atoms with E-state index in [-0.39, 0.29) is 0 Å². The summed E-state index contributed by atoms with van der Waals surface area (Å²) in [6.45, 7) is 0. The monoisotopic (exact) mass is 152 g/mol. The second kappa shape index (κ2) is 4.11. The van der Waals surface area contributed by atoms with Crippen LogP contribution >= 0.6 is 0 Å². The lowest BCUT2D eigenvalue weighted by Gasteiger charge is -2.06. The summed E-state index contributed by atoms with van der Waals surface area (Å²) in [5, 5.41) is 9.09. The predicted octanol–water partition coefficient (Wildman–Crippen LogP) is 1.19. The average molecular weight is 152 g/mol. The molecule has 0 unspecified atom stereocenters. The van der Waals surface area contributed by atoms with Gasteiger partial charge < -0.3 is 9.84 Å². The van der Waals surface area contributed by atoms with Crippen LogP contribution in [0.4, 0.5) is 0 Å². The summed E-state index contributed by atoms with van der Waals surface area (Å²) in [7, 11) is 1.49. The minimum Gasteiger partial charge on any atom is -0.368 e. The summed E-state index contributed by atoms with van der Waals surface area (Å²) in [5.41, 5.74) is 1.09. The van der Waals surface area contributed by atoms with E-state index in [0.717, 1.165) is 5.56 Å². The van der Waals surface area contributed by atoms with Crippen molar-refractivity contribution in [3.05, 3.63) is 35.9 Å². The van der Waals surface area contributed by atoms with Crippen molar-refractivity contribution in [3.8, 4) is 0 Å². The lowest BCUT2D eigenvalue weighted by Crippen LogP contribution is -2.11. The Morgan fingerprint density at radius 1 is 1.36 bits per heavy atom. The third-order valence-electron chi connectivity index (χ3n) is 1.53. The van der Waals surface area contributed by atoms with Gasteiger partial charge in [-0.3, -0.25) is 0 Å². The molecule has 2 nitrogen and oxygen atoms in total. The van der Waals surface area contributed by atoms with Crippen LogP contribution in [0.2, 0.25) is 0 Å². The van der Waals surface area contributed by atoms with Crippen molar-refractivity contribution in [2.45, 2.75) is 12.7 Å². The van der Waals surface area contributed by atoms with Gasteiger partial charge in [0.25, 0.3) is 0 Å². The van der Waals surface area contributed by atoms with Crippen LogP contribution in [0, 0.1) is 0 Å². The number of rotatable bonds is 3. The number of benzene rings is 1. The summed E-state index contributed by atoms with van der Waals surface area (Å²) in [5.74, 6) is 0. The standard InChI is InChI=1S/C9H12O2/c1-11-9(10)7-8-5-3-2-4-6-8/h2-6,9-10H,7H2,1H3/t9-/m1/s1. The van der Waals surface area contributed by atoms with Gasteiger partial charge in [-0.05, 0) is 5.56 Å². The van der Waals surface area contributed by atoms with Gasteiger partial charge in [0, 0.05) is 13.5 Å². The molecule has 11 heavy (non-hydrogen) atoms. The molecule has 0 aliphatic heterocycles. The molecule has 0 amide bonds. The van der Waals surface area contributed by atoms with Crippen molar-refractivity contribution in [2.75, 3.05) is 7.11 Å². The van der Waals surface area contributed by atoms with Gasteiger partial charge in [-0.15, -0.1) is 0 Å². The second-order valence-electron chi connectivity index (χ2n) is 2.38. The van der Waals surface area contributed by atoms with E-state index in [1.165, 1.54) is 7.11 Å². The molecule has 1 aromatic rings. The van der Waals surface area contributed by atoms with Crippen LogP contribution in [-0.4, -0.2) is 18.5 Å². The van der Waals surface area contributed by atoms with E-state index in [4.69, 9.17) is 9.84 Å². The molecule has 0 radical (unpaired) electrons. The fourth-order valence-corrected chi connectivity index (χ4v) is 0.899. The van der Waals surface area contributed by atoms with Crippen LogP contribution in [0.3, 0.4) is 0 Å². The normalized spacial score (nSPS) is 12.9. The quantitative estimate of drug-likeness (QED) is 0.659. The van der Waals surface area contributed by atoms with E-state index in [1.807, 2.05) is 30.3 Å². The van der Waals surface area contributed by atoms with Crippen molar-refractivity contribution in [1.29, 1.82) is 0 Å². The molecule has 1 aromatic carbocycles. The maximum Gasteiger partial charge on any atom is 0.158 e. The highest BCUT2D eigenvalue weighted by molar-refractivity contribution is 5.14. The highest BCUT2D eigenvalue weighted by Gasteiger charge is 2.00. The number of hydrogen-bond acceptors (Lipinski definition) is 2. The highest BCUT2D eigenvalue weighted by atomic mass is 16.6. The van der Waals surface area contributed by atoms with Crippen LogP contribution in [0.15, 0.2) is 30.3 Å². The van der Waals surface area contributed by atoms with Gasteiger partial charge in [0.15, 0.2) is 6.29 Å². The Bertz CT molecular complexity index is 196. The molecule has 0 spiro atoms. The van der Waals surface area contributed by atoms with Crippen LogP contribution < -0.4 is 0 Å². The number of methoxy groups -OCH3 is 1. The van der Waals surface area contributed by atoms with Gasteiger partial charge in [0.1, 0.15) is 0 Å². The Balaban J connectivity index is 2.51. The maximum absolute atomic E-state index is 9.09. The van der Waals surface area contributed by atoms with Crippen LogP contribution in [-0.2, 0) is 11.2 Å². The Kier molecular flexibility index (Phi) is 3.08. The summed E-state index contributed by atoms with van der Waals surface area (Å²) >= 11 is 0. The van der Waals surface area contributed by atoms with Crippen LogP contribution in [0.25, 0.3) is 0 Å². The van der Waals surface area contributed by atoms with Gasteiger partial charge in [-0.25, -0.2) is 0 Å². The average Bonchev–Trinajstić information content (AvgIpc) is 2.06. The summed E-state index contributed by atoms with van der Waals surface area (Å²) in [4.78, 5) is 0. The minimum atomic E-state index is -0.683. The smallest absolute Gasteiger partial charge is 0.158 e. The number of aliphatic hydroxyl groups excluding tert-OH is 1. The SMILES string of the molecule is CO[C@@H](O)Cc1ccccc1. The summed E-state index contributed by atoms with van der Waals surface area (Å²) in [6, 6.07) is 9.75. The van der Waals surface area contributed by atoms with Crippen LogP contribution in [0.1, 0.15) is 5.56 Å². The molecular weight excluding hydrogens is 140 g/mol. The molecule has 0 bridgehead atoms. The number of hydrogen-bond donors (Lipinski definition) is 1. The molecule has 2 heteroatoms. The summed E-state index contributed by atoms with van der Waals surface area (Å²) < 4.78 is 4.71. The Morgan fingerprint density at radius 2 is 2.00 bits per heavy atom. The topological polar surface area (TPSA) is 29.5 Å². The molecule has 60 valence electrons. The van der Waals surface area contributed by atoms with Gasteiger partial charge in [-0.2, -0.15) is 0 Å². The highest BCUT2D eigenvalue weighted by Crippen LogP contribution is 2.02. The molecule has 0 heterocycles. The van der Waals surface area contributed by atoms with Gasteiger partial charge in [0.05, 0.1) is 0 Å². The number of aliphatic hydroxyl groups is 1. The van der Waals surface area contributed by atoms with Crippen molar-refractivity contribution in [1.82, 2.24) is 0 Å². The molecular formula is C9H12O2. The van der Waals surface area contributed by atoms with E-state index >= 15 is 0 Å². The van der Waals surface area contributed by atoms with E-state index in [9.17, 15) is 0 Å².